The fraction of sp³-hybridized carbons (Fsp3) is 0.571. The second-order valence-electron chi connectivity index (χ2n) is 5.02. The van der Waals surface area contributed by atoms with E-state index in [4.69, 9.17) is 4.74 Å². The molecule has 1 aromatic carbocycles. The summed E-state index contributed by atoms with van der Waals surface area (Å²) in [6, 6.07) is 6.37. The van der Waals surface area contributed by atoms with E-state index in [1.165, 1.54) is 30.4 Å². The van der Waals surface area contributed by atoms with Crippen molar-refractivity contribution >= 4 is 0 Å². The third-order valence-electron chi connectivity index (χ3n) is 3.74. The number of aryl methyl sites for hydroxylation is 2. The molecule has 0 aromatic heterocycles. The zero-order valence-electron chi connectivity index (χ0n) is 9.98. The summed E-state index contributed by atoms with van der Waals surface area (Å²) in [5, 5.41) is 12.8. The summed E-state index contributed by atoms with van der Waals surface area (Å²) in [5.41, 5.74) is 2.89. The summed E-state index contributed by atoms with van der Waals surface area (Å²) in [4.78, 5) is 0. The molecule has 0 bridgehead atoms. The van der Waals surface area contributed by atoms with Gasteiger partial charge in [-0.3, -0.25) is 0 Å². The average Bonchev–Trinajstić information content (AvgIpc) is 2.75. The van der Waals surface area contributed by atoms with Gasteiger partial charge in [0.2, 0.25) is 0 Å². The van der Waals surface area contributed by atoms with Crippen LogP contribution in [0.2, 0.25) is 0 Å². The molecule has 1 fully saturated rings. The second-order valence-corrected chi connectivity index (χ2v) is 5.02. The number of hydrogen-bond acceptors (Lipinski definition) is 3. The van der Waals surface area contributed by atoms with E-state index in [0.717, 1.165) is 18.7 Å². The highest BCUT2D eigenvalue weighted by molar-refractivity contribution is 5.37. The van der Waals surface area contributed by atoms with Crippen molar-refractivity contribution in [2.24, 2.45) is 0 Å². The fourth-order valence-corrected chi connectivity index (χ4v) is 2.72. The van der Waals surface area contributed by atoms with Gasteiger partial charge in [0.15, 0.2) is 0 Å². The first-order valence-electron chi connectivity index (χ1n) is 6.50. The van der Waals surface area contributed by atoms with E-state index in [1.54, 1.807) is 0 Å². The van der Waals surface area contributed by atoms with Crippen LogP contribution in [-0.4, -0.2) is 30.4 Å². The molecule has 2 unspecified atom stereocenters. The number of hydrogen-bond donors (Lipinski definition) is 2. The van der Waals surface area contributed by atoms with Gasteiger partial charge in [-0.2, -0.15) is 0 Å². The number of fused-ring (bicyclic) bond motifs is 1. The van der Waals surface area contributed by atoms with Crippen LogP contribution in [0.3, 0.4) is 0 Å². The minimum Gasteiger partial charge on any atom is -0.486 e. The van der Waals surface area contributed by atoms with Crippen LogP contribution in [0.25, 0.3) is 0 Å². The van der Waals surface area contributed by atoms with Crippen molar-refractivity contribution in [2.45, 2.75) is 37.9 Å². The topological polar surface area (TPSA) is 41.5 Å². The lowest BCUT2D eigenvalue weighted by atomic mass is 9.92. The first kappa shape index (κ1) is 11.1. The molecule has 3 nitrogen and oxygen atoms in total. The Kier molecular flexibility index (Phi) is 3.04. The molecule has 1 aromatic rings. The molecule has 2 N–H and O–H groups in total. The number of rotatable bonds is 2. The monoisotopic (exact) mass is 233 g/mol. The Balaban J connectivity index is 1.75. The molecule has 2 atom stereocenters. The molecule has 3 rings (SSSR count). The fourth-order valence-electron chi connectivity index (χ4n) is 2.72. The molecule has 2 aliphatic rings. The first-order chi connectivity index (χ1) is 8.33. The van der Waals surface area contributed by atoms with Crippen LogP contribution >= 0.6 is 0 Å². The lowest BCUT2D eigenvalue weighted by Gasteiger charge is -2.20. The molecule has 0 amide bonds. The highest BCUT2D eigenvalue weighted by atomic mass is 16.5. The van der Waals surface area contributed by atoms with Crippen LogP contribution in [0.5, 0.6) is 5.75 Å². The largest absolute Gasteiger partial charge is 0.486 e. The Morgan fingerprint density at radius 3 is 2.71 bits per heavy atom. The molecule has 1 heterocycles. The summed E-state index contributed by atoms with van der Waals surface area (Å²) in [5.74, 6) is 0.901. The van der Waals surface area contributed by atoms with Crippen LogP contribution in [0.15, 0.2) is 18.2 Å². The van der Waals surface area contributed by atoms with Crippen LogP contribution in [0, 0.1) is 0 Å². The molecular weight excluding hydrogens is 214 g/mol. The average molecular weight is 233 g/mol. The predicted molar refractivity (Wildman–Crippen MR) is 66.4 cm³/mol. The summed E-state index contributed by atoms with van der Waals surface area (Å²) < 4.78 is 5.84. The molecule has 92 valence electrons. The normalized spacial score (nSPS) is 27.8. The highest BCUT2D eigenvalue weighted by Crippen LogP contribution is 2.26. The van der Waals surface area contributed by atoms with Gasteiger partial charge < -0.3 is 15.2 Å². The van der Waals surface area contributed by atoms with E-state index < -0.39 is 0 Å². The van der Waals surface area contributed by atoms with E-state index in [1.807, 2.05) is 6.07 Å². The van der Waals surface area contributed by atoms with Crippen molar-refractivity contribution in [1.82, 2.24) is 5.32 Å². The highest BCUT2D eigenvalue weighted by Gasteiger charge is 2.26. The molecule has 0 radical (unpaired) electrons. The van der Waals surface area contributed by atoms with Crippen molar-refractivity contribution in [2.75, 3.05) is 13.1 Å². The van der Waals surface area contributed by atoms with Gasteiger partial charge in [0.1, 0.15) is 18.0 Å². The molecule has 3 heteroatoms. The van der Waals surface area contributed by atoms with Gasteiger partial charge >= 0.3 is 0 Å². The van der Waals surface area contributed by atoms with Crippen molar-refractivity contribution in [1.29, 1.82) is 0 Å². The number of aliphatic hydroxyl groups excluding tert-OH is 1. The Labute approximate surface area is 102 Å². The molecule has 17 heavy (non-hydrogen) atoms. The van der Waals surface area contributed by atoms with Crippen LogP contribution in [0.4, 0.5) is 0 Å². The van der Waals surface area contributed by atoms with Crippen molar-refractivity contribution in [3.05, 3.63) is 29.3 Å². The minimum atomic E-state index is -0.383. The van der Waals surface area contributed by atoms with Gasteiger partial charge in [0.25, 0.3) is 0 Å². The molecule has 0 spiro atoms. The van der Waals surface area contributed by atoms with E-state index in [2.05, 4.69) is 17.4 Å². The Hall–Kier alpha value is -1.06. The lowest BCUT2D eigenvalue weighted by Crippen LogP contribution is -2.29. The van der Waals surface area contributed by atoms with Crippen molar-refractivity contribution in [3.8, 4) is 5.75 Å². The second kappa shape index (κ2) is 4.67. The van der Waals surface area contributed by atoms with Crippen molar-refractivity contribution < 1.29 is 9.84 Å². The smallest absolute Gasteiger partial charge is 0.138 e. The lowest BCUT2D eigenvalue weighted by molar-refractivity contribution is 0.0737. The van der Waals surface area contributed by atoms with Gasteiger partial charge in [0, 0.05) is 13.1 Å². The zero-order chi connectivity index (χ0) is 11.7. The van der Waals surface area contributed by atoms with E-state index in [0.29, 0.717) is 6.54 Å². The SMILES string of the molecule is OC1CNCC1Oc1ccc2c(c1)CCCC2. The van der Waals surface area contributed by atoms with Crippen LogP contribution < -0.4 is 10.1 Å². The van der Waals surface area contributed by atoms with Crippen LogP contribution in [-0.2, 0) is 12.8 Å². The third kappa shape index (κ3) is 2.31. The van der Waals surface area contributed by atoms with Gasteiger partial charge in [-0.25, -0.2) is 0 Å². The summed E-state index contributed by atoms with van der Waals surface area (Å²) >= 11 is 0. The number of nitrogens with one attached hydrogen (secondary N) is 1. The van der Waals surface area contributed by atoms with Crippen LogP contribution in [0.1, 0.15) is 24.0 Å². The van der Waals surface area contributed by atoms with E-state index in [9.17, 15) is 5.11 Å². The maximum absolute atomic E-state index is 9.70. The van der Waals surface area contributed by atoms with Gasteiger partial charge in [-0.1, -0.05) is 6.07 Å². The van der Waals surface area contributed by atoms with Crippen molar-refractivity contribution in [3.63, 3.8) is 0 Å². The standard InChI is InChI=1S/C14H19NO2/c16-13-8-15-9-14(13)17-12-6-5-10-3-1-2-4-11(10)7-12/h5-7,13-16H,1-4,8-9H2. The van der Waals surface area contributed by atoms with Gasteiger partial charge in [0.05, 0.1) is 0 Å². The van der Waals surface area contributed by atoms with Gasteiger partial charge in [-0.15, -0.1) is 0 Å². The Bertz CT molecular complexity index is 405. The molecule has 0 saturated carbocycles. The third-order valence-corrected chi connectivity index (χ3v) is 3.74. The summed E-state index contributed by atoms with van der Waals surface area (Å²) in [6.07, 6.45) is 4.46. The summed E-state index contributed by atoms with van der Waals surface area (Å²) in [7, 11) is 0. The van der Waals surface area contributed by atoms with Gasteiger partial charge in [-0.05, 0) is 48.9 Å². The minimum absolute atomic E-state index is 0.100. The van der Waals surface area contributed by atoms with E-state index in [-0.39, 0.29) is 12.2 Å². The Morgan fingerprint density at radius 2 is 1.94 bits per heavy atom. The molecular formula is C14H19NO2. The molecule has 1 saturated heterocycles. The van der Waals surface area contributed by atoms with E-state index >= 15 is 0 Å². The number of β-amino-alcohol motifs (C(OH)–C–C–N with tert-alkyl or cyclic N) is 1. The quantitative estimate of drug-likeness (QED) is 0.808. The number of aliphatic hydroxyl groups is 1. The molecule has 1 aliphatic carbocycles. The number of benzene rings is 1. The zero-order valence-corrected chi connectivity index (χ0v) is 9.98. The Morgan fingerprint density at radius 1 is 1.12 bits per heavy atom. The maximum Gasteiger partial charge on any atom is 0.138 e. The number of ether oxygens (including phenoxy) is 1. The maximum atomic E-state index is 9.70. The first-order valence-corrected chi connectivity index (χ1v) is 6.50. The predicted octanol–water partition coefficient (Wildman–Crippen LogP) is 1.28. The molecule has 1 aliphatic heterocycles. The summed E-state index contributed by atoms with van der Waals surface area (Å²) in [6.45, 7) is 1.37.